The lowest BCUT2D eigenvalue weighted by Crippen LogP contribution is -1.87. The van der Waals surface area contributed by atoms with E-state index >= 15 is 0 Å². The molecule has 2 heterocycles. The van der Waals surface area contributed by atoms with Crippen LogP contribution in [0.15, 0.2) is 76.1 Å². The van der Waals surface area contributed by atoms with Gasteiger partial charge in [-0.1, -0.05) is 42.5 Å². The first-order valence-electron chi connectivity index (χ1n) is 7.88. The summed E-state index contributed by atoms with van der Waals surface area (Å²) < 4.78 is 6.10. The second kappa shape index (κ2) is 7.36. The number of aliphatic carboxylic acids is 1. The molecule has 0 aliphatic carbocycles. The molecule has 0 saturated heterocycles. The van der Waals surface area contributed by atoms with Crippen LogP contribution in [0.3, 0.4) is 0 Å². The van der Waals surface area contributed by atoms with Crippen molar-refractivity contribution in [2.75, 3.05) is 0 Å². The van der Waals surface area contributed by atoms with E-state index in [-0.39, 0.29) is 0 Å². The van der Waals surface area contributed by atoms with Crippen LogP contribution in [0, 0.1) is 0 Å². The maximum absolute atomic E-state index is 10.7. The minimum atomic E-state index is -0.941. The van der Waals surface area contributed by atoms with Gasteiger partial charge in [0, 0.05) is 17.0 Å². The van der Waals surface area contributed by atoms with Crippen molar-refractivity contribution in [2.45, 2.75) is 13.8 Å². The molecule has 0 saturated carbocycles. The minimum absolute atomic E-state index is 0.687. The zero-order valence-corrected chi connectivity index (χ0v) is 14.8. The lowest BCUT2D eigenvalue weighted by atomic mass is 10.0. The lowest BCUT2D eigenvalue weighted by Gasteiger charge is -2.01. The zero-order chi connectivity index (χ0) is 17.8. The monoisotopic (exact) mass is 350 g/mol. The van der Waals surface area contributed by atoms with Gasteiger partial charge in [-0.25, -0.2) is 4.79 Å². The highest BCUT2D eigenvalue weighted by Crippen LogP contribution is 2.39. The van der Waals surface area contributed by atoms with Crippen molar-refractivity contribution in [3.05, 3.63) is 77.2 Å². The molecule has 4 heteroatoms. The third-order valence-corrected chi connectivity index (χ3v) is 4.66. The Bertz CT molecular complexity index is 986. The number of benzene rings is 1. The zero-order valence-electron chi connectivity index (χ0n) is 14.0. The highest BCUT2D eigenvalue weighted by atomic mass is 32.1. The number of rotatable bonds is 5. The number of fused-ring (bicyclic) bond motifs is 1. The fourth-order valence-corrected chi connectivity index (χ4v) is 3.40. The predicted molar refractivity (Wildman–Crippen MR) is 104 cm³/mol. The quantitative estimate of drug-likeness (QED) is 0.443. The van der Waals surface area contributed by atoms with E-state index in [0.717, 1.165) is 32.7 Å². The van der Waals surface area contributed by atoms with E-state index in [2.05, 4.69) is 12.1 Å². The number of carboxylic acids is 1. The maximum atomic E-state index is 10.7. The van der Waals surface area contributed by atoms with E-state index in [1.165, 1.54) is 6.08 Å². The summed E-state index contributed by atoms with van der Waals surface area (Å²) in [6.45, 7) is 3.80. The molecule has 0 spiro atoms. The summed E-state index contributed by atoms with van der Waals surface area (Å²) >= 11 is 1.65. The van der Waals surface area contributed by atoms with Gasteiger partial charge in [0.1, 0.15) is 5.58 Å². The molecule has 2 aromatic heterocycles. The average Bonchev–Trinajstić information content (AvgIpc) is 3.21. The normalized spacial score (nSPS) is 13.0. The highest BCUT2D eigenvalue weighted by Gasteiger charge is 2.17. The van der Waals surface area contributed by atoms with Crippen molar-refractivity contribution in [3.63, 3.8) is 0 Å². The van der Waals surface area contributed by atoms with Crippen LogP contribution >= 0.6 is 11.3 Å². The Hall–Kier alpha value is -2.85. The second-order valence-corrected chi connectivity index (χ2v) is 6.66. The number of thiophene rings is 1. The molecule has 25 heavy (non-hydrogen) atoms. The van der Waals surface area contributed by atoms with Gasteiger partial charge in [-0.05, 0) is 42.5 Å². The third kappa shape index (κ3) is 3.80. The van der Waals surface area contributed by atoms with Crippen LogP contribution in [0.4, 0.5) is 0 Å². The van der Waals surface area contributed by atoms with Crippen molar-refractivity contribution in [1.82, 2.24) is 0 Å². The first-order chi connectivity index (χ1) is 12.1. The molecule has 3 nitrogen and oxygen atoms in total. The molecule has 0 aliphatic heterocycles. The fraction of sp³-hybridized carbons (Fsp3) is 0.0952. The van der Waals surface area contributed by atoms with Crippen LogP contribution in [0.1, 0.15) is 19.4 Å². The second-order valence-electron chi connectivity index (χ2n) is 5.72. The van der Waals surface area contributed by atoms with Crippen molar-refractivity contribution < 1.29 is 14.3 Å². The highest BCUT2D eigenvalue weighted by molar-refractivity contribution is 7.13. The van der Waals surface area contributed by atoms with E-state index in [0.29, 0.717) is 5.57 Å². The van der Waals surface area contributed by atoms with Crippen LogP contribution < -0.4 is 0 Å². The molecule has 0 atom stereocenters. The Labute approximate surface area is 150 Å². The number of para-hydroxylation sites is 1. The Kier molecular flexibility index (Phi) is 5.00. The molecule has 1 aromatic carbocycles. The number of allylic oxidation sites excluding steroid dienone is 5. The Balaban J connectivity index is 2.05. The van der Waals surface area contributed by atoms with Crippen molar-refractivity contribution in [1.29, 1.82) is 0 Å². The van der Waals surface area contributed by atoms with Gasteiger partial charge in [-0.15, -0.1) is 11.3 Å². The van der Waals surface area contributed by atoms with Gasteiger partial charge in [0.15, 0.2) is 5.76 Å². The van der Waals surface area contributed by atoms with Crippen molar-refractivity contribution in [3.8, 4) is 10.6 Å². The van der Waals surface area contributed by atoms with E-state index in [1.807, 2.05) is 48.7 Å². The van der Waals surface area contributed by atoms with Gasteiger partial charge >= 0.3 is 5.97 Å². The van der Waals surface area contributed by atoms with Gasteiger partial charge in [0.25, 0.3) is 0 Å². The van der Waals surface area contributed by atoms with Crippen LogP contribution in [0.5, 0.6) is 0 Å². The summed E-state index contributed by atoms with van der Waals surface area (Å²) in [7, 11) is 0. The molecule has 1 N–H and O–H groups in total. The van der Waals surface area contributed by atoms with Crippen LogP contribution in [-0.2, 0) is 4.79 Å². The molecule has 0 amide bonds. The topological polar surface area (TPSA) is 50.4 Å². The lowest BCUT2D eigenvalue weighted by molar-refractivity contribution is -0.131. The Morgan fingerprint density at radius 1 is 1.16 bits per heavy atom. The summed E-state index contributed by atoms with van der Waals surface area (Å²) in [5.74, 6) is -0.0696. The molecular weight excluding hydrogens is 332 g/mol. The van der Waals surface area contributed by atoms with Gasteiger partial charge < -0.3 is 9.52 Å². The molecule has 3 rings (SSSR count). The summed E-state index contributed by atoms with van der Waals surface area (Å²) in [5, 5.41) is 11.9. The Morgan fingerprint density at radius 3 is 2.68 bits per heavy atom. The molecule has 0 radical (unpaired) electrons. The van der Waals surface area contributed by atoms with Crippen molar-refractivity contribution >= 4 is 33.8 Å². The number of carboxylic acid groups (broad SMARTS) is 1. The van der Waals surface area contributed by atoms with Crippen LogP contribution in [-0.4, -0.2) is 11.1 Å². The summed E-state index contributed by atoms with van der Waals surface area (Å²) in [5.41, 5.74) is 3.68. The van der Waals surface area contributed by atoms with Gasteiger partial charge in [0.05, 0.1) is 4.88 Å². The van der Waals surface area contributed by atoms with E-state index in [9.17, 15) is 4.79 Å². The predicted octanol–water partition coefficient (Wildman–Crippen LogP) is 6.15. The SMILES string of the molecule is CC(/C=C/C=C(\C)c1c(-c2cccs2)oc2ccccc12)=C\C(=O)O. The first kappa shape index (κ1) is 17.0. The van der Waals surface area contributed by atoms with E-state index in [4.69, 9.17) is 9.52 Å². The molecular formula is C21H18O3S. The number of carbonyl (C=O) groups is 1. The standard InChI is InChI=1S/C21H18O3S/c1-14(13-19(22)23)7-5-8-15(2)20-16-9-3-4-10-17(16)24-21(20)18-11-6-12-25-18/h3-13H,1-2H3,(H,22,23)/b7-5+,14-13+,15-8+. The molecule has 126 valence electrons. The van der Waals surface area contributed by atoms with E-state index in [1.54, 1.807) is 24.3 Å². The van der Waals surface area contributed by atoms with E-state index < -0.39 is 5.97 Å². The number of hydrogen-bond donors (Lipinski definition) is 1. The molecule has 0 aliphatic rings. The molecule has 0 unspecified atom stereocenters. The minimum Gasteiger partial charge on any atom is -0.478 e. The molecule has 3 aromatic rings. The van der Waals surface area contributed by atoms with Crippen LogP contribution in [0.2, 0.25) is 0 Å². The largest absolute Gasteiger partial charge is 0.478 e. The molecule has 0 bridgehead atoms. The Morgan fingerprint density at radius 2 is 1.96 bits per heavy atom. The third-order valence-electron chi connectivity index (χ3n) is 3.79. The summed E-state index contributed by atoms with van der Waals surface area (Å²) in [6, 6.07) is 12.1. The fourth-order valence-electron chi connectivity index (χ4n) is 2.69. The summed E-state index contributed by atoms with van der Waals surface area (Å²) in [4.78, 5) is 11.8. The first-order valence-corrected chi connectivity index (χ1v) is 8.76. The average molecular weight is 350 g/mol. The van der Waals surface area contributed by atoms with Crippen molar-refractivity contribution in [2.24, 2.45) is 0 Å². The summed E-state index contributed by atoms with van der Waals surface area (Å²) in [6.07, 6.45) is 6.81. The van der Waals surface area contributed by atoms with Gasteiger partial charge in [-0.2, -0.15) is 0 Å². The number of hydrogen-bond acceptors (Lipinski definition) is 3. The van der Waals surface area contributed by atoms with Gasteiger partial charge in [0.2, 0.25) is 0 Å². The maximum Gasteiger partial charge on any atom is 0.328 e. The van der Waals surface area contributed by atoms with Crippen LogP contribution in [0.25, 0.3) is 27.2 Å². The van der Waals surface area contributed by atoms with Gasteiger partial charge in [-0.3, -0.25) is 0 Å². The molecule has 0 fully saturated rings. The smallest absolute Gasteiger partial charge is 0.328 e. The number of furan rings is 1.